The van der Waals surface area contributed by atoms with Crippen LogP contribution in [0.3, 0.4) is 0 Å². The van der Waals surface area contributed by atoms with Crippen molar-refractivity contribution in [3.05, 3.63) is 20.3 Å². The van der Waals surface area contributed by atoms with Gasteiger partial charge >= 0.3 is 11.9 Å². The van der Waals surface area contributed by atoms with Crippen LogP contribution in [0.5, 0.6) is 0 Å². The zero-order chi connectivity index (χ0) is 15.3. The molecule has 110 valence electrons. The zero-order valence-corrected chi connectivity index (χ0v) is 12.6. The van der Waals surface area contributed by atoms with Crippen molar-refractivity contribution in [1.82, 2.24) is 5.32 Å². The molecule has 0 aromatic carbocycles. The molecule has 1 rings (SSSR count). The molecule has 2 N–H and O–H groups in total. The van der Waals surface area contributed by atoms with Crippen LogP contribution in [0.4, 0.5) is 0 Å². The van der Waals surface area contributed by atoms with Crippen molar-refractivity contribution in [1.29, 1.82) is 0 Å². The average molecular weight is 340 g/mol. The number of hydrogen-bond acceptors (Lipinski definition) is 5. The summed E-state index contributed by atoms with van der Waals surface area (Å²) in [6.45, 7) is 0. The molecular weight excluding hydrogens is 329 g/mol. The van der Waals surface area contributed by atoms with E-state index in [1.807, 2.05) is 0 Å². The summed E-state index contributed by atoms with van der Waals surface area (Å²) in [4.78, 5) is 33.9. The number of aliphatic carboxylic acids is 1. The van der Waals surface area contributed by atoms with Gasteiger partial charge in [0.15, 0.2) is 0 Å². The van der Waals surface area contributed by atoms with Crippen molar-refractivity contribution in [2.75, 3.05) is 7.11 Å². The van der Waals surface area contributed by atoms with Gasteiger partial charge in [-0.1, -0.05) is 23.2 Å². The SMILES string of the molecule is COC(=O)CCC(NC(=O)c1cc(Cl)sc1Cl)C(=O)O. The Labute approximate surface area is 128 Å². The Kier molecular flexibility index (Phi) is 6.25. The smallest absolute Gasteiger partial charge is 0.326 e. The maximum atomic E-state index is 11.9. The second kappa shape index (κ2) is 7.47. The van der Waals surface area contributed by atoms with Gasteiger partial charge in [0.2, 0.25) is 0 Å². The van der Waals surface area contributed by atoms with E-state index in [0.717, 1.165) is 11.3 Å². The maximum absolute atomic E-state index is 11.9. The molecule has 0 aliphatic rings. The Balaban J connectivity index is 2.70. The number of esters is 1. The number of carbonyl (C=O) groups is 3. The van der Waals surface area contributed by atoms with Gasteiger partial charge in [0, 0.05) is 6.42 Å². The van der Waals surface area contributed by atoms with Gasteiger partial charge in [-0.3, -0.25) is 9.59 Å². The average Bonchev–Trinajstić information content (AvgIpc) is 2.72. The number of nitrogens with one attached hydrogen (secondary N) is 1. The fraction of sp³-hybridized carbons (Fsp3) is 0.364. The number of amides is 1. The topological polar surface area (TPSA) is 92.7 Å². The fourth-order valence-corrected chi connectivity index (χ4v) is 2.81. The van der Waals surface area contributed by atoms with Crippen LogP contribution in [0, 0.1) is 0 Å². The van der Waals surface area contributed by atoms with Crippen molar-refractivity contribution < 1.29 is 24.2 Å². The molecule has 0 spiro atoms. The molecule has 1 heterocycles. The molecule has 1 aromatic rings. The minimum Gasteiger partial charge on any atom is -0.480 e. The number of carboxylic acid groups (broad SMARTS) is 1. The summed E-state index contributed by atoms with van der Waals surface area (Å²) in [5.74, 6) is -2.46. The van der Waals surface area contributed by atoms with Crippen molar-refractivity contribution in [2.24, 2.45) is 0 Å². The first-order valence-electron chi connectivity index (χ1n) is 5.40. The predicted molar refractivity (Wildman–Crippen MR) is 74.5 cm³/mol. The highest BCUT2D eigenvalue weighted by atomic mass is 35.5. The van der Waals surface area contributed by atoms with E-state index < -0.39 is 23.9 Å². The van der Waals surface area contributed by atoms with Gasteiger partial charge in [-0.25, -0.2) is 4.79 Å². The van der Waals surface area contributed by atoms with Gasteiger partial charge in [-0.15, -0.1) is 11.3 Å². The first kappa shape index (κ1) is 16.7. The van der Waals surface area contributed by atoms with Crippen LogP contribution in [-0.2, 0) is 14.3 Å². The molecule has 1 unspecified atom stereocenters. The number of rotatable bonds is 6. The molecule has 0 saturated carbocycles. The lowest BCUT2D eigenvalue weighted by atomic mass is 10.1. The first-order chi connectivity index (χ1) is 9.35. The summed E-state index contributed by atoms with van der Waals surface area (Å²) in [5, 5.41) is 11.3. The summed E-state index contributed by atoms with van der Waals surface area (Å²) < 4.78 is 4.90. The standard InChI is InChI=1S/C11H11Cl2NO5S/c1-19-8(15)3-2-6(11(17)18)14-10(16)5-4-7(12)20-9(5)13/h4,6H,2-3H2,1H3,(H,14,16)(H,17,18). The van der Waals surface area contributed by atoms with E-state index in [0.29, 0.717) is 4.34 Å². The minimum absolute atomic E-state index is 0.0801. The zero-order valence-electron chi connectivity index (χ0n) is 10.3. The largest absolute Gasteiger partial charge is 0.480 e. The number of methoxy groups -OCH3 is 1. The van der Waals surface area contributed by atoms with Crippen LogP contribution < -0.4 is 5.32 Å². The van der Waals surface area contributed by atoms with Gasteiger partial charge in [-0.05, 0) is 12.5 Å². The van der Waals surface area contributed by atoms with Crippen LogP contribution in [0.15, 0.2) is 6.07 Å². The fourth-order valence-electron chi connectivity index (χ4n) is 1.35. The molecule has 20 heavy (non-hydrogen) atoms. The molecule has 0 aliphatic carbocycles. The van der Waals surface area contributed by atoms with E-state index in [2.05, 4.69) is 10.1 Å². The minimum atomic E-state index is -1.25. The monoisotopic (exact) mass is 339 g/mol. The second-order valence-electron chi connectivity index (χ2n) is 3.72. The van der Waals surface area contributed by atoms with Gasteiger partial charge in [-0.2, -0.15) is 0 Å². The molecule has 6 nitrogen and oxygen atoms in total. The summed E-state index contributed by atoms with van der Waals surface area (Å²) in [6, 6.07) is 0.139. The van der Waals surface area contributed by atoms with Crippen LogP contribution >= 0.6 is 34.5 Å². The van der Waals surface area contributed by atoms with Crippen LogP contribution in [0.2, 0.25) is 8.67 Å². The first-order valence-corrected chi connectivity index (χ1v) is 6.97. The number of hydrogen-bond donors (Lipinski definition) is 2. The highest BCUT2D eigenvalue weighted by molar-refractivity contribution is 7.20. The predicted octanol–water partition coefficient (Wildman–Crippen LogP) is 2.19. The van der Waals surface area contributed by atoms with E-state index in [4.69, 9.17) is 28.3 Å². The number of halogens is 2. The number of thiophene rings is 1. The quantitative estimate of drug-likeness (QED) is 0.775. The number of carboxylic acids is 1. The molecule has 0 saturated heterocycles. The lowest BCUT2D eigenvalue weighted by Crippen LogP contribution is -2.41. The van der Waals surface area contributed by atoms with Crippen LogP contribution in [-0.4, -0.2) is 36.1 Å². The molecule has 0 aliphatic heterocycles. The number of ether oxygens (including phenoxy) is 1. The lowest BCUT2D eigenvalue weighted by molar-refractivity contribution is -0.142. The molecule has 0 bridgehead atoms. The summed E-state index contributed by atoms with van der Waals surface area (Å²) in [7, 11) is 1.20. The third-order valence-electron chi connectivity index (χ3n) is 2.37. The highest BCUT2D eigenvalue weighted by Crippen LogP contribution is 2.31. The molecule has 1 atom stereocenters. The highest BCUT2D eigenvalue weighted by Gasteiger charge is 2.23. The van der Waals surface area contributed by atoms with Gasteiger partial charge in [0.1, 0.15) is 10.4 Å². The Bertz CT molecular complexity index is 531. The van der Waals surface area contributed by atoms with Crippen LogP contribution in [0.1, 0.15) is 23.2 Å². The summed E-state index contributed by atoms with van der Waals surface area (Å²) in [6.07, 6.45) is -0.199. The number of carbonyl (C=O) groups excluding carboxylic acids is 2. The van der Waals surface area contributed by atoms with E-state index in [9.17, 15) is 14.4 Å². The lowest BCUT2D eigenvalue weighted by Gasteiger charge is -2.13. The third-order valence-corrected chi connectivity index (χ3v) is 3.86. The summed E-state index contributed by atoms with van der Waals surface area (Å²) in [5.41, 5.74) is 0.103. The van der Waals surface area contributed by atoms with Gasteiger partial charge in [0.05, 0.1) is 17.0 Å². The third kappa shape index (κ3) is 4.66. The molecular formula is C11H11Cl2NO5S. The molecule has 0 radical (unpaired) electrons. The Morgan fingerprint density at radius 2 is 2.10 bits per heavy atom. The van der Waals surface area contributed by atoms with Crippen molar-refractivity contribution in [2.45, 2.75) is 18.9 Å². The maximum Gasteiger partial charge on any atom is 0.326 e. The molecule has 1 aromatic heterocycles. The summed E-state index contributed by atoms with van der Waals surface area (Å²) >= 11 is 12.5. The van der Waals surface area contributed by atoms with E-state index in [1.54, 1.807) is 0 Å². The van der Waals surface area contributed by atoms with Gasteiger partial charge in [0.25, 0.3) is 5.91 Å². The van der Waals surface area contributed by atoms with E-state index in [1.165, 1.54) is 13.2 Å². The van der Waals surface area contributed by atoms with Crippen LogP contribution in [0.25, 0.3) is 0 Å². The normalized spacial score (nSPS) is 11.8. The molecule has 9 heteroatoms. The van der Waals surface area contributed by atoms with Crippen molar-refractivity contribution in [3.8, 4) is 0 Å². The molecule has 1 amide bonds. The van der Waals surface area contributed by atoms with Gasteiger partial charge < -0.3 is 15.2 Å². The van der Waals surface area contributed by atoms with Crippen molar-refractivity contribution >= 4 is 52.4 Å². The van der Waals surface area contributed by atoms with Crippen molar-refractivity contribution in [3.63, 3.8) is 0 Å². The Morgan fingerprint density at radius 3 is 2.55 bits per heavy atom. The van der Waals surface area contributed by atoms with E-state index >= 15 is 0 Å². The molecule has 0 fully saturated rings. The second-order valence-corrected chi connectivity index (χ2v) is 6.00. The van der Waals surface area contributed by atoms with E-state index in [-0.39, 0.29) is 22.7 Å². The Hall–Kier alpha value is -1.31. The Morgan fingerprint density at radius 1 is 1.45 bits per heavy atom.